The van der Waals surface area contributed by atoms with E-state index in [0.717, 1.165) is 25.7 Å². The van der Waals surface area contributed by atoms with Gasteiger partial charge in [0.15, 0.2) is 0 Å². The lowest BCUT2D eigenvalue weighted by atomic mass is 9.79. The third-order valence-electron chi connectivity index (χ3n) is 3.48. The van der Waals surface area contributed by atoms with Crippen LogP contribution in [-0.2, 0) is 16.8 Å². The molecular formula is C12H18N2O3. The molecule has 0 aromatic carbocycles. The molecule has 1 fully saturated rings. The van der Waals surface area contributed by atoms with E-state index in [1.54, 1.807) is 7.11 Å². The molecule has 1 heterocycles. The first-order valence-electron chi connectivity index (χ1n) is 6.01. The van der Waals surface area contributed by atoms with Gasteiger partial charge in [0.25, 0.3) is 5.56 Å². The van der Waals surface area contributed by atoms with Gasteiger partial charge in [0, 0.05) is 7.11 Å². The fourth-order valence-corrected chi connectivity index (χ4v) is 2.21. The Morgan fingerprint density at radius 3 is 2.65 bits per heavy atom. The number of nitrogens with one attached hydrogen (secondary N) is 1. The smallest absolute Gasteiger partial charge is 0.258 e. The fraction of sp³-hybridized carbons (Fsp3) is 0.667. The molecule has 2 N–H and O–H groups in total. The van der Waals surface area contributed by atoms with Gasteiger partial charge in [-0.2, -0.15) is 4.98 Å². The van der Waals surface area contributed by atoms with Gasteiger partial charge in [-0.25, -0.2) is 0 Å². The average Bonchev–Trinajstić information content (AvgIpc) is 2.23. The summed E-state index contributed by atoms with van der Waals surface area (Å²) in [5.74, 6) is 0.294. The van der Waals surface area contributed by atoms with Gasteiger partial charge in [-0.1, -0.05) is 13.3 Å². The Bertz CT molecular complexity index is 458. The van der Waals surface area contributed by atoms with Crippen LogP contribution in [0.5, 0.6) is 5.88 Å². The number of rotatable bonds is 4. The predicted octanol–water partition coefficient (Wildman–Crippen LogP) is 1.45. The highest BCUT2D eigenvalue weighted by Crippen LogP contribution is 2.42. The maximum absolute atomic E-state index is 11.8. The number of aromatic hydroxyl groups is 1. The van der Waals surface area contributed by atoms with Crippen LogP contribution in [0.2, 0.25) is 0 Å². The van der Waals surface area contributed by atoms with Crippen LogP contribution >= 0.6 is 0 Å². The Morgan fingerprint density at radius 1 is 1.53 bits per heavy atom. The molecule has 1 aromatic heterocycles. The molecule has 0 unspecified atom stereocenters. The van der Waals surface area contributed by atoms with Gasteiger partial charge in [-0.05, 0) is 25.7 Å². The first-order chi connectivity index (χ1) is 8.13. The van der Waals surface area contributed by atoms with Gasteiger partial charge >= 0.3 is 0 Å². The molecule has 94 valence electrons. The predicted molar refractivity (Wildman–Crippen MR) is 63.1 cm³/mol. The number of methoxy groups -OCH3 is 1. The van der Waals surface area contributed by atoms with Crippen LogP contribution in [0.25, 0.3) is 0 Å². The van der Waals surface area contributed by atoms with Crippen molar-refractivity contribution >= 4 is 0 Å². The molecule has 1 aliphatic rings. The Kier molecular flexibility index (Phi) is 3.19. The van der Waals surface area contributed by atoms with Gasteiger partial charge in [0.2, 0.25) is 5.88 Å². The molecular weight excluding hydrogens is 220 g/mol. The molecule has 0 bridgehead atoms. The Labute approximate surface area is 99.9 Å². The van der Waals surface area contributed by atoms with Crippen molar-refractivity contribution in [1.82, 2.24) is 9.97 Å². The molecule has 0 saturated heterocycles. The summed E-state index contributed by atoms with van der Waals surface area (Å²) in [6.45, 7) is 1.95. The largest absolute Gasteiger partial charge is 0.493 e. The summed E-state index contributed by atoms with van der Waals surface area (Å²) < 4.78 is 5.43. The Hall–Kier alpha value is -1.36. The van der Waals surface area contributed by atoms with Crippen LogP contribution in [0, 0.1) is 0 Å². The van der Waals surface area contributed by atoms with Crippen molar-refractivity contribution in [1.29, 1.82) is 0 Å². The summed E-state index contributed by atoms with van der Waals surface area (Å²) in [5.41, 5.74) is -0.388. The van der Waals surface area contributed by atoms with Crippen LogP contribution in [-0.4, -0.2) is 22.2 Å². The molecule has 1 saturated carbocycles. The first kappa shape index (κ1) is 12.1. The Balaban J connectivity index is 2.41. The van der Waals surface area contributed by atoms with Crippen molar-refractivity contribution in [2.75, 3.05) is 7.11 Å². The summed E-state index contributed by atoms with van der Waals surface area (Å²) in [7, 11) is 1.61. The molecule has 2 rings (SSSR count). The summed E-state index contributed by atoms with van der Waals surface area (Å²) in [5, 5.41) is 9.80. The quantitative estimate of drug-likeness (QED) is 0.832. The van der Waals surface area contributed by atoms with E-state index in [1.165, 1.54) is 0 Å². The SMILES string of the molecule is CCCc1c(O)nc(C2(OC)CCC2)[nH]c1=O. The summed E-state index contributed by atoms with van der Waals surface area (Å²) in [4.78, 5) is 18.7. The van der Waals surface area contributed by atoms with Gasteiger partial charge in [-0.3, -0.25) is 4.79 Å². The van der Waals surface area contributed by atoms with Crippen molar-refractivity contribution in [3.05, 3.63) is 21.7 Å². The zero-order valence-electron chi connectivity index (χ0n) is 10.2. The monoisotopic (exact) mass is 238 g/mol. The van der Waals surface area contributed by atoms with E-state index in [-0.39, 0.29) is 11.4 Å². The maximum Gasteiger partial charge on any atom is 0.258 e. The van der Waals surface area contributed by atoms with Crippen LogP contribution in [0.3, 0.4) is 0 Å². The molecule has 5 heteroatoms. The molecule has 0 spiro atoms. The first-order valence-corrected chi connectivity index (χ1v) is 6.01. The van der Waals surface area contributed by atoms with E-state index in [4.69, 9.17) is 4.74 Å². The van der Waals surface area contributed by atoms with Gasteiger partial charge in [0.05, 0.1) is 5.56 Å². The molecule has 0 radical (unpaired) electrons. The number of nitrogens with zero attached hydrogens (tertiary/aromatic N) is 1. The molecule has 1 aromatic rings. The highest BCUT2D eigenvalue weighted by atomic mass is 16.5. The molecule has 5 nitrogen and oxygen atoms in total. The summed E-state index contributed by atoms with van der Waals surface area (Å²) in [6, 6.07) is 0. The third-order valence-corrected chi connectivity index (χ3v) is 3.48. The number of ether oxygens (including phenoxy) is 1. The maximum atomic E-state index is 11.8. The fourth-order valence-electron chi connectivity index (χ4n) is 2.21. The highest BCUT2D eigenvalue weighted by Gasteiger charge is 2.41. The third kappa shape index (κ3) is 1.95. The number of hydrogen-bond acceptors (Lipinski definition) is 4. The number of aromatic nitrogens is 2. The minimum absolute atomic E-state index is 0.158. The lowest BCUT2D eigenvalue weighted by Crippen LogP contribution is -2.39. The van der Waals surface area contributed by atoms with Crippen molar-refractivity contribution in [3.63, 3.8) is 0 Å². The molecule has 0 amide bonds. The van der Waals surface area contributed by atoms with E-state index >= 15 is 0 Å². The van der Waals surface area contributed by atoms with Crippen molar-refractivity contribution < 1.29 is 9.84 Å². The second-order valence-corrected chi connectivity index (χ2v) is 4.52. The van der Waals surface area contributed by atoms with Gasteiger partial charge in [0.1, 0.15) is 11.4 Å². The van der Waals surface area contributed by atoms with E-state index < -0.39 is 5.60 Å². The Morgan fingerprint density at radius 2 is 2.24 bits per heavy atom. The highest BCUT2D eigenvalue weighted by molar-refractivity contribution is 5.24. The number of H-pyrrole nitrogens is 1. The summed E-state index contributed by atoms with van der Waals surface area (Å²) in [6.07, 6.45) is 4.05. The minimum atomic E-state index is -0.499. The lowest BCUT2D eigenvalue weighted by Gasteiger charge is -2.39. The average molecular weight is 238 g/mol. The van der Waals surface area contributed by atoms with Gasteiger partial charge in [-0.15, -0.1) is 0 Å². The second-order valence-electron chi connectivity index (χ2n) is 4.52. The van der Waals surface area contributed by atoms with E-state index in [1.807, 2.05) is 6.92 Å². The lowest BCUT2D eigenvalue weighted by molar-refractivity contribution is -0.0851. The van der Waals surface area contributed by atoms with Gasteiger partial charge < -0.3 is 14.8 Å². The molecule has 1 aliphatic carbocycles. The second kappa shape index (κ2) is 4.49. The standard InChI is InChI=1S/C12H18N2O3/c1-3-5-8-9(15)13-11(14-10(8)16)12(17-2)6-4-7-12/h3-7H2,1-2H3,(H2,13,14,15,16). The topological polar surface area (TPSA) is 75.2 Å². The molecule has 0 aliphatic heterocycles. The van der Waals surface area contributed by atoms with Crippen molar-refractivity contribution in [2.45, 2.75) is 44.6 Å². The van der Waals surface area contributed by atoms with Crippen LogP contribution in [0.1, 0.15) is 44.0 Å². The normalized spacial score (nSPS) is 17.8. The van der Waals surface area contributed by atoms with E-state index in [2.05, 4.69) is 9.97 Å². The van der Waals surface area contributed by atoms with Crippen LogP contribution in [0.4, 0.5) is 0 Å². The van der Waals surface area contributed by atoms with Crippen LogP contribution < -0.4 is 5.56 Å². The molecule has 17 heavy (non-hydrogen) atoms. The van der Waals surface area contributed by atoms with E-state index in [9.17, 15) is 9.90 Å². The van der Waals surface area contributed by atoms with Crippen molar-refractivity contribution in [2.24, 2.45) is 0 Å². The summed E-state index contributed by atoms with van der Waals surface area (Å²) >= 11 is 0. The zero-order chi connectivity index (χ0) is 12.5. The molecule has 0 atom stereocenters. The van der Waals surface area contributed by atoms with Crippen LogP contribution in [0.15, 0.2) is 4.79 Å². The number of aromatic amines is 1. The zero-order valence-corrected chi connectivity index (χ0v) is 10.2. The van der Waals surface area contributed by atoms with Crippen molar-refractivity contribution in [3.8, 4) is 5.88 Å². The minimum Gasteiger partial charge on any atom is -0.493 e. The number of hydrogen-bond donors (Lipinski definition) is 2. The van der Waals surface area contributed by atoms with E-state index in [0.29, 0.717) is 17.8 Å².